The Kier molecular flexibility index (Phi) is 3.73. The number of aromatic nitrogens is 2. The summed E-state index contributed by atoms with van der Waals surface area (Å²) in [6.45, 7) is 2.06. The van der Waals surface area contributed by atoms with E-state index in [9.17, 15) is 9.59 Å². The Morgan fingerprint density at radius 3 is 2.55 bits per heavy atom. The number of carbonyl (C=O) groups excluding carboxylic acids is 2. The molecule has 2 aromatic rings. The number of carbonyl (C=O) groups is 2. The maximum atomic E-state index is 12.5. The van der Waals surface area contributed by atoms with E-state index in [1.165, 1.54) is 18.1 Å². The Balaban J connectivity index is 1.97. The van der Waals surface area contributed by atoms with Gasteiger partial charge >= 0.3 is 0 Å². The second kappa shape index (κ2) is 5.69. The van der Waals surface area contributed by atoms with E-state index in [1.807, 2.05) is 24.3 Å². The molecule has 0 atom stereocenters. The number of aryl methyl sites for hydroxylation is 1. The number of anilines is 1. The van der Waals surface area contributed by atoms with Crippen LogP contribution in [-0.2, 0) is 6.42 Å². The molecule has 1 aromatic heterocycles. The van der Waals surface area contributed by atoms with Crippen molar-refractivity contribution in [1.29, 1.82) is 0 Å². The van der Waals surface area contributed by atoms with Crippen LogP contribution in [0.1, 0.15) is 33.3 Å². The van der Waals surface area contributed by atoms with Gasteiger partial charge in [0.1, 0.15) is 22.8 Å². The first-order valence-electron chi connectivity index (χ1n) is 6.77. The summed E-state index contributed by atoms with van der Waals surface area (Å²) >= 11 is 6.05. The number of halogens is 1. The number of allylic oxidation sites excluding steroid dienone is 2. The van der Waals surface area contributed by atoms with Gasteiger partial charge in [-0.15, -0.1) is 0 Å². The molecule has 5 nitrogen and oxygen atoms in total. The van der Waals surface area contributed by atoms with Crippen molar-refractivity contribution in [2.24, 2.45) is 0 Å². The number of ketones is 2. The van der Waals surface area contributed by atoms with Crippen molar-refractivity contribution in [2.75, 3.05) is 5.32 Å². The highest BCUT2D eigenvalue weighted by molar-refractivity contribution is 6.50. The maximum Gasteiger partial charge on any atom is 0.225 e. The number of hydrogen-bond acceptors (Lipinski definition) is 5. The highest BCUT2D eigenvalue weighted by Gasteiger charge is 2.32. The van der Waals surface area contributed by atoms with Crippen molar-refractivity contribution in [3.63, 3.8) is 0 Å². The molecule has 22 heavy (non-hydrogen) atoms. The Bertz CT molecular complexity index is 797. The first kappa shape index (κ1) is 14.4. The van der Waals surface area contributed by atoms with Crippen LogP contribution in [0.3, 0.4) is 0 Å². The van der Waals surface area contributed by atoms with Crippen LogP contribution in [0.5, 0.6) is 0 Å². The van der Waals surface area contributed by atoms with Crippen LogP contribution in [0, 0.1) is 0 Å². The van der Waals surface area contributed by atoms with Crippen molar-refractivity contribution < 1.29 is 9.59 Å². The molecule has 110 valence electrons. The van der Waals surface area contributed by atoms with Gasteiger partial charge in [0.15, 0.2) is 0 Å². The molecule has 0 bridgehead atoms. The molecular weight excluding hydrogens is 302 g/mol. The summed E-state index contributed by atoms with van der Waals surface area (Å²) < 4.78 is 0. The minimum absolute atomic E-state index is 0.0388. The molecule has 0 spiro atoms. The van der Waals surface area contributed by atoms with Crippen LogP contribution >= 0.6 is 11.6 Å². The minimum atomic E-state index is -0.480. The van der Waals surface area contributed by atoms with Crippen molar-refractivity contribution >= 4 is 28.9 Å². The number of nitrogens with zero attached hydrogens (tertiary/aromatic N) is 2. The zero-order valence-corrected chi connectivity index (χ0v) is 12.5. The lowest BCUT2D eigenvalue weighted by Gasteiger charge is -2.17. The summed E-state index contributed by atoms with van der Waals surface area (Å²) in [4.78, 5) is 32.3. The SMILES string of the molecule is CCc1ccc(NC2=C(Cl)C(=O)c3ncncc3C2=O)cc1. The molecule has 1 aliphatic carbocycles. The van der Waals surface area contributed by atoms with Gasteiger partial charge in [0, 0.05) is 11.9 Å². The number of fused-ring (bicyclic) bond motifs is 1. The van der Waals surface area contributed by atoms with E-state index in [4.69, 9.17) is 11.6 Å². The highest BCUT2D eigenvalue weighted by Crippen LogP contribution is 2.27. The van der Waals surface area contributed by atoms with Crippen molar-refractivity contribution in [1.82, 2.24) is 9.97 Å². The van der Waals surface area contributed by atoms with Gasteiger partial charge < -0.3 is 5.32 Å². The van der Waals surface area contributed by atoms with E-state index >= 15 is 0 Å². The second-order valence-electron chi connectivity index (χ2n) is 4.81. The van der Waals surface area contributed by atoms with Crippen LogP contribution in [0.15, 0.2) is 47.5 Å². The van der Waals surface area contributed by atoms with Crippen LogP contribution < -0.4 is 5.32 Å². The van der Waals surface area contributed by atoms with E-state index < -0.39 is 5.78 Å². The van der Waals surface area contributed by atoms with Gasteiger partial charge in [0.05, 0.1) is 5.56 Å². The van der Waals surface area contributed by atoms with E-state index in [-0.39, 0.29) is 27.8 Å². The smallest absolute Gasteiger partial charge is 0.225 e. The average molecular weight is 314 g/mol. The Labute approximate surface area is 132 Å². The molecule has 0 amide bonds. The number of nitrogens with one attached hydrogen (secondary N) is 1. The third-order valence-corrected chi connectivity index (χ3v) is 3.81. The molecule has 1 aromatic carbocycles. The normalized spacial score (nSPS) is 14.1. The Hall–Kier alpha value is -2.53. The molecule has 3 rings (SSSR count). The van der Waals surface area contributed by atoms with E-state index in [1.54, 1.807) is 0 Å². The quantitative estimate of drug-likeness (QED) is 0.943. The number of benzene rings is 1. The van der Waals surface area contributed by atoms with Crippen LogP contribution in [-0.4, -0.2) is 21.5 Å². The summed E-state index contributed by atoms with van der Waals surface area (Å²) in [6, 6.07) is 7.57. The van der Waals surface area contributed by atoms with Gasteiger partial charge in [0.2, 0.25) is 11.6 Å². The first-order chi connectivity index (χ1) is 10.6. The zero-order chi connectivity index (χ0) is 15.7. The molecule has 0 saturated heterocycles. The number of hydrogen-bond donors (Lipinski definition) is 1. The first-order valence-corrected chi connectivity index (χ1v) is 7.14. The van der Waals surface area contributed by atoms with Crippen LogP contribution in [0.4, 0.5) is 5.69 Å². The molecular formula is C16H12ClN3O2. The molecule has 0 radical (unpaired) electrons. The fraction of sp³-hybridized carbons (Fsp3) is 0.125. The third-order valence-electron chi connectivity index (χ3n) is 3.45. The van der Waals surface area contributed by atoms with Crippen molar-refractivity contribution in [2.45, 2.75) is 13.3 Å². The standard InChI is InChI=1S/C16H12ClN3O2/c1-2-9-3-5-10(6-4-9)20-14-12(17)16(22)13-11(15(14)21)7-18-8-19-13/h3-8,20H,2H2,1H3. The van der Waals surface area contributed by atoms with Gasteiger partial charge in [-0.3, -0.25) is 9.59 Å². The predicted octanol–water partition coefficient (Wildman–Crippen LogP) is 2.98. The fourth-order valence-corrected chi connectivity index (χ4v) is 2.43. The minimum Gasteiger partial charge on any atom is -0.351 e. The van der Waals surface area contributed by atoms with Crippen molar-refractivity contribution in [3.05, 3.63) is 64.3 Å². The second-order valence-corrected chi connectivity index (χ2v) is 5.19. The molecule has 0 fully saturated rings. The topological polar surface area (TPSA) is 72.0 Å². The average Bonchev–Trinajstić information content (AvgIpc) is 2.57. The predicted molar refractivity (Wildman–Crippen MR) is 83.0 cm³/mol. The summed E-state index contributed by atoms with van der Waals surface area (Å²) in [6.07, 6.45) is 3.47. The zero-order valence-electron chi connectivity index (χ0n) is 11.8. The lowest BCUT2D eigenvalue weighted by Crippen LogP contribution is -2.25. The Morgan fingerprint density at radius 1 is 1.14 bits per heavy atom. The lowest BCUT2D eigenvalue weighted by molar-refractivity contribution is 0.0977. The van der Waals surface area contributed by atoms with Gasteiger partial charge in [0.25, 0.3) is 0 Å². The monoisotopic (exact) mass is 313 g/mol. The molecule has 1 aliphatic rings. The van der Waals surface area contributed by atoms with Crippen LogP contribution in [0.2, 0.25) is 0 Å². The molecule has 0 aliphatic heterocycles. The van der Waals surface area contributed by atoms with Gasteiger partial charge in [-0.1, -0.05) is 30.7 Å². The fourth-order valence-electron chi connectivity index (χ4n) is 2.21. The molecule has 6 heteroatoms. The summed E-state index contributed by atoms with van der Waals surface area (Å²) in [5.41, 5.74) is 2.11. The van der Waals surface area contributed by atoms with Gasteiger partial charge in [-0.2, -0.15) is 0 Å². The van der Waals surface area contributed by atoms with E-state index in [0.29, 0.717) is 5.69 Å². The molecule has 0 unspecified atom stereocenters. The number of Topliss-reactive ketones (excluding diaryl/α,β-unsaturated/α-hetero) is 2. The lowest BCUT2D eigenvalue weighted by atomic mass is 9.98. The number of rotatable bonds is 3. The van der Waals surface area contributed by atoms with Crippen molar-refractivity contribution in [3.8, 4) is 0 Å². The van der Waals surface area contributed by atoms with Gasteiger partial charge in [-0.25, -0.2) is 9.97 Å². The molecule has 1 heterocycles. The highest BCUT2D eigenvalue weighted by atomic mass is 35.5. The third kappa shape index (κ3) is 2.40. The van der Waals surface area contributed by atoms with E-state index in [2.05, 4.69) is 22.2 Å². The molecule has 1 N–H and O–H groups in total. The Morgan fingerprint density at radius 2 is 1.86 bits per heavy atom. The van der Waals surface area contributed by atoms with Gasteiger partial charge in [-0.05, 0) is 24.1 Å². The van der Waals surface area contributed by atoms with E-state index in [0.717, 1.165) is 6.42 Å². The molecule has 0 saturated carbocycles. The largest absolute Gasteiger partial charge is 0.351 e. The summed E-state index contributed by atoms with van der Waals surface area (Å²) in [5, 5.41) is 2.77. The summed E-state index contributed by atoms with van der Waals surface area (Å²) in [5.74, 6) is -0.869. The maximum absolute atomic E-state index is 12.5. The van der Waals surface area contributed by atoms with Crippen LogP contribution in [0.25, 0.3) is 0 Å². The summed E-state index contributed by atoms with van der Waals surface area (Å²) in [7, 11) is 0.